The van der Waals surface area contributed by atoms with Gasteiger partial charge in [0.05, 0.1) is 17.6 Å². The molecule has 1 aromatic rings. The van der Waals surface area contributed by atoms with Crippen LogP contribution in [0.25, 0.3) is 0 Å². The van der Waals surface area contributed by atoms with E-state index in [0.29, 0.717) is 19.4 Å². The minimum atomic E-state index is -0.630. The molecule has 0 aromatic heterocycles. The predicted molar refractivity (Wildman–Crippen MR) is 107 cm³/mol. The van der Waals surface area contributed by atoms with Gasteiger partial charge in [-0.05, 0) is 50.3 Å². The van der Waals surface area contributed by atoms with Gasteiger partial charge in [-0.25, -0.2) is 9.38 Å². The molecule has 2 heterocycles. The van der Waals surface area contributed by atoms with Gasteiger partial charge >= 0.3 is 0 Å². The summed E-state index contributed by atoms with van der Waals surface area (Å²) >= 11 is 0. The Morgan fingerprint density at radius 3 is 2.73 bits per heavy atom. The zero-order valence-corrected chi connectivity index (χ0v) is 16.5. The van der Waals surface area contributed by atoms with Gasteiger partial charge < -0.3 is 5.32 Å². The molecule has 3 nitrogen and oxygen atoms in total. The van der Waals surface area contributed by atoms with Gasteiger partial charge in [0.25, 0.3) is 0 Å². The molecule has 1 aromatic carbocycles. The average molecular weight is 356 g/mol. The highest BCUT2D eigenvalue weighted by molar-refractivity contribution is 6.00. The van der Waals surface area contributed by atoms with Crippen molar-refractivity contribution in [1.82, 2.24) is 10.2 Å². The minimum absolute atomic E-state index is 0.0355. The number of hydrogen-bond donors (Lipinski definition) is 1. The van der Waals surface area contributed by atoms with Gasteiger partial charge in [-0.2, -0.15) is 0 Å². The number of likely N-dealkylation sites (N-methyl/N-ethyl adjacent to an activating group) is 1. The SMILES string of the molecule is CCCC1(C)C(NC)=Nc2cc(C#CCN3CCC(F)CC3)c(C)cc21. The lowest BCUT2D eigenvalue weighted by molar-refractivity contribution is 0.164. The topological polar surface area (TPSA) is 27.6 Å². The summed E-state index contributed by atoms with van der Waals surface area (Å²) in [7, 11) is 1.95. The molecular formula is C22H30FN3. The summed E-state index contributed by atoms with van der Waals surface area (Å²) in [6.07, 6.45) is 2.84. The van der Waals surface area contributed by atoms with Gasteiger partial charge in [0, 0.05) is 25.7 Å². The van der Waals surface area contributed by atoms with Crippen molar-refractivity contribution in [1.29, 1.82) is 0 Å². The summed E-state index contributed by atoms with van der Waals surface area (Å²) in [6, 6.07) is 4.39. The lowest BCUT2D eigenvalue weighted by Crippen LogP contribution is -2.37. The molecule has 0 spiro atoms. The first kappa shape index (κ1) is 18.9. The number of alkyl halides is 1. The van der Waals surface area contributed by atoms with E-state index in [1.807, 2.05) is 7.05 Å². The molecule has 0 radical (unpaired) electrons. The van der Waals surface area contributed by atoms with Crippen LogP contribution in [0.15, 0.2) is 17.1 Å². The van der Waals surface area contributed by atoms with Crippen LogP contribution in [0.4, 0.5) is 10.1 Å². The van der Waals surface area contributed by atoms with Crippen LogP contribution >= 0.6 is 0 Å². The van der Waals surface area contributed by atoms with E-state index in [2.05, 4.69) is 55.0 Å². The number of likely N-dealkylation sites (tertiary alicyclic amines) is 1. The van der Waals surface area contributed by atoms with Crippen molar-refractivity contribution in [3.8, 4) is 11.8 Å². The van der Waals surface area contributed by atoms with Gasteiger partial charge in [0.15, 0.2) is 0 Å². The molecule has 140 valence electrons. The summed E-state index contributed by atoms with van der Waals surface area (Å²) in [5, 5.41) is 3.29. The lowest BCUT2D eigenvalue weighted by atomic mass is 9.77. The Morgan fingerprint density at radius 1 is 1.35 bits per heavy atom. The fourth-order valence-corrected chi connectivity index (χ4v) is 4.13. The van der Waals surface area contributed by atoms with E-state index in [9.17, 15) is 4.39 Å². The first-order chi connectivity index (χ1) is 12.5. The van der Waals surface area contributed by atoms with Crippen LogP contribution < -0.4 is 5.32 Å². The number of aliphatic imine (C=N–C) groups is 1. The molecule has 0 aliphatic carbocycles. The molecule has 2 aliphatic heterocycles. The molecule has 1 saturated heterocycles. The smallest absolute Gasteiger partial charge is 0.112 e. The Bertz CT molecular complexity index is 751. The van der Waals surface area contributed by atoms with Crippen molar-refractivity contribution in [2.24, 2.45) is 4.99 Å². The summed E-state index contributed by atoms with van der Waals surface area (Å²) in [4.78, 5) is 7.07. The van der Waals surface area contributed by atoms with E-state index in [4.69, 9.17) is 4.99 Å². The molecule has 1 unspecified atom stereocenters. The first-order valence-electron chi connectivity index (χ1n) is 9.75. The summed E-state index contributed by atoms with van der Waals surface area (Å²) in [6.45, 7) is 8.95. The number of amidine groups is 1. The van der Waals surface area contributed by atoms with Gasteiger partial charge in [-0.1, -0.05) is 31.3 Å². The number of rotatable bonds is 3. The number of piperidine rings is 1. The van der Waals surface area contributed by atoms with Crippen LogP contribution in [-0.2, 0) is 5.41 Å². The van der Waals surface area contributed by atoms with Crippen molar-refractivity contribution in [3.05, 3.63) is 28.8 Å². The number of nitrogens with zero attached hydrogens (tertiary/aromatic N) is 2. The van der Waals surface area contributed by atoms with Gasteiger partial charge in [-0.15, -0.1) is 0 Å². The van der Waals surface area contributed by atoms with Crippen LogP contribution in [0.1, 0.15) is 56.2 Å². The van der Waals surface area contributed by atoms with Gasteiger partial charge in [0.2, 0.25) is 0 Å². The van der Waals surface area contributed by atoms with E-state index in [-0.39, 0.29) is 5.41 Å². The third-order valence-corrected chi connectivity index (χ3v) is 5.72. The maximum atomic E-state index is 13.2. The lowest BCUT2D eigenvalue weighted by Gasteiger charge is -2.27. The van der Waals surface area contributed by atoms with E-state index in [1.54, 1.807) is 0 Å². The maximum absolute atomic E-state index is 13.2. The molecule has 2 aliphatic rings. The summed E-state index contributed by atoms with van der Waals surface area (Å²) in [5.41, 5.74) is 4.56. The Kier molecular flexibility index (Phi) is 5.67. The predicted octanol–water partition coefficient (Wildman–Crippen LogP) is 4.10. The Hall–Kier alpha value is -1.86. The summed E-state index contributed by atoms with van der Waals surface area (Å²) in [5.74, 6) is 7.65. The van der Waals surface area contributed by atoms with Crippen LogP contribution in [0.3, 0.4) is 0 Å². The number of aryl methyl sites for hydroxylation is 1. The molecule has 1 N–H and O–H groups in total. The van der Waals surface area contributed by atoms with E-state index >= 15 is 0 Å². The minimum Gasteiger partial charge on any atom is -0.376 e. The van der Waals surface area contributed by atoms with E-state index in [1.165, 1.54) is 11.1 Å². The molecule has 1 fully saturated rings. The van der Waals surface area contributed by atoms with Gasteiger partial charge in [-0.3, -0.25) is 4.90 Å². The quantitative estimate of drug-likeness (QED) is 0.827. The third-order valence-electron chi connectivity index (χ3n) is 5.72. The highest BCUT2D eigenvalue weighted by Gasteiger charge is 2.38. The van der Waals surface area contributed by atoms with Crippen LogP contribution in [0.5, 0.6) is 0 Å². The van der Waals surface area contributed by atoms with Crippen LogP contribution in [0.2, 0.25) is 0 Å². The highest BCUT2D eigenvalue weighted by Crippen LogP contribution is 2.43. The Labute approximate surface area is 157 Å². The van der Waals surface area contributed by atoms with Crippen LogP contribution in [-0.4, -0.2) is 43.6 Å². The fourth-order valence-electron chi connectivity index (χ4n) is 4.13. The van der Waals surface area contributed by atoms with Crippen LogP contribution in [0, 0.1) is 18.8 Å². The normalized spacial score (nSPS) is 23.2. The van der Waals surface area contributed by atoms with Gasteiger partial charge in [0.1, 0.15) is 12.0 Å². The standard InChI is InChI=1S/C22H30FN3/c1-5-10-22(3)19-14-16(2)17(15-20(19)25-21(22)24-4)7-6-11-26-12-8-18(23)9-13-26/h14-15,18H,5,8-13H2,1-4H3,(H,24,25). The molecule has 26 heavy (non-hydrogen) atoms. The number of benzene rings is 1. The van der Waals surface area contributed by atoms with E-state index in [0.717, 1.165) is 43.0 Å². The Morgan fingerprint density at radius 2 is 2.08 bits per heavy atom. The second-order valence-corrected chi connectivity index (χ2v) is 7.73. The third kappa shape index (κ3) is 3.64. The molecule has 0 amide bonds. The van der Waals surface area contributed by atoms with E-state index < -0.39 is 6.17 Å². The van der Waals surface area contributed by atoms with Crippen molar-refractivity contribution >= 4 is 11.5 Å². The average Bonchev–Trinajstić information content (AvgIpc) is 2.89. The largest absolute Gasteiger partial charge is 0.376 e. The zero-order valence-electron chi connectivity index (χ0n) is 16.5. The summed E-state index contributed by atoms with van der Waals surface area (Å²) < 4.78 is 13.2. The van der Waals surface area contributed by atoms with Crippen molar-refractivity contribution in [3.63, 3.8) is 0 Å². The molecule has 4 heteroatoms. The number of fused-ring (bicyclic) bond motifs is 1. The highest BCUT2D eigenvalue weighted by atomic mass is 19.1. The van der Waals surface area contributed by atoms with Crippen molar-refractivity contribution in [2.45, 2.75) is 58.0 Å². The molecular weight excluding hydrogens is 325 g/mol. The van der Waals surface area contributed by atoms with Crippen molar-refractivity contribution in [2.75, 3.05) is 26.7 Å². The molecule has 0 bridgehead atoms. The number of halogens is 1. The second-order valence-electron chi connectivity index (χ2n) is 7.73. The maximum Gasteiger partial charge on any atom is 0.112 e. The zero-order chi connectivity index (χ0) is 18.7. The second kappa shape index (κ2) is 7.80. The first-order valence-corrected chi connectivity index (χ1v) is 9.75. The molecule has 3 rings (SSSR count). The van der Waals surface area contributed by atoms with Crippen molar-refractivity contribution < 1.29 is 4.39 Å². The fraction of sp³-hybridized carbons (Fsp3) is 0.591. The number of nitrogens with one attached hydrogen (secondary N) is 1. The molecule has 1 atom stereocenters. The monoisotopic (exact) mass is 355 g/mol. The molecule has 0 saturated carbocycles. The number of hydrogen-bond acceptors (Lipinski definition) is 3. The Balaban J connectivity index is 1.80.